The number of amides is 1. The molecule has 0 spiro atoms. The molecule has 234 valence electrons. The zero-order valence-corrected chi connectivity index (χ0v) is 27.1. The van der Waals surface area contributed by atoms with Crippen LogP contribution in [0.25, 0.3) is 44.3 Å². The molecule has 2 aromatic heterocycles. The van der Waals surface area contributed by atoms with Gasteiger partial charge in [-0.15, -0.1) is 0 Å². The summed E-state index contributed by atoms with van der Waals surface area (Å²) in [7, 11) is -2.28. The van der Waals surface area contributed by atoms with Crippen molar-refractivity contribution in [2.45, 2.75) is 25.7 Å². The van der Waals surface area contributed by atoms with E-state index in [2.05, 4.69) is 5.32 Å². The van der Waals surface area contributed by atoms with E-state index in [1.54, 1.807) is 48.5 Å². The number of halogens is 2. The van der Waals surface area contributed by atoms with Crippen LogP contribution >= 0.6 is 11.6 Å². The summed E-state index contributed by atoms with van der Waals surface area (Å²) >= 11 is 6.07. The molecule has 0 saturated heterocycles. The van der Waals surface area contributed by atoms with Gasteiger partial charge in [-0.1, -0.05) is 55.8 Å². The topological polar surface area (TPSA) is 98.4 Å². The molecule has 46 heavy (non-hydrogen) atoms. The Kier molecular flexibility index (Phi) is 7.86. The second kappa shape index (κ2) is 11.6. The molecule has 0 aliphatic carbocycles. The van der Waals surface area contributed by atoms with Gasteiger partial charge in [0, 0.05) is 52.2 Å². The molecular weight excluding hydrogens is 627 g/mol. The van der Waals surface area contributed by atoms with Gasteiger partial charge < -0.3 is 9.73 Å². The van der Waals surface area contributed by atoms with E-state index >= 15 is 0 Å². The highest BCUT2D eigenvalue weighted by atomic mass is 35.5. The standard InChI is InChI=1S/C36H30ClFN2O5S/c1-36(2,24-10-12-25(37)13-11-24)20-30(41)23-7-5-6-22(18-23)28-19-29-31(35(42)39-3)33(21-8-14-26(38)15-9-21)45-34(29)27-16-17-40(32(27)28)46(4,43)44/h5-19H,20H2,1-4H3,(H,39,42). The fourth-order valence-corrected chi connectivity index (χ4v) is 6.81. The maximum absolute atomic E-state index is 13.8. The molecule has 0 radical (unpaired) electrons. The van der Waals surface area contributed by atoms with Crippen molar-refractivity contribution in [3.05, 3.63) is 119 Å². The molecule has 0 atom stereocenters. The van der Waals surface area contributed by atoms with E-state index in [-0.39, 0.29) is 23.5 Å². The lowest BCUT2D eigenvalue weighted by Gasteiger charge is -2.24. The van der Waals surface area contributed by atoms with Crippen molar-refractivity contribution in [1.29, 1.82) is 0 Å². The Hall–Kier alpha value is -4.73. The number of hydrogen-bond donors (Lipinski definition) is 1. The predicted molar refractivity (Wildman–Crippen MR) is 180 cm³/mol. The first kappa shape index (κ1) is 31.3. The van der Waals surface area contributed by atoms with Crippen LogP contribution in [0, 0.1) is 5.82 Å². The fraction of sp³-hybridized carbons (Fsp3) is 0.167. The lowest BCUT2D eigenvalue weighted by Crippen LogP contribution is -2.22. The van der Waals surface area contributed by atoms with Crippen LogP contribution in [0.15, 0.2) is 95.5 Å². The molecule has 6 rings (SSSR count). The summed E-state index contributed by atoms with van der Waals surface area (Å²) in [6.45, 7) is 3.98. The summed E-state index contributed by atoms with van der Waals surface area (Å²) in [4.78, 5) is 27.0. The van der Waals surface area contributed by atoms with E-state index in [4.69, 9.17) is 16.0 Å². The zero-order chi connectivity index (χ0) is 33.0. The predicted octanol–water partition coefficient (Wildman–Crippen LogP) is 8.23. The maximum Gasteiger partial charge on any atom is 0.255 e. The van der Waals surface area contributed by atoms with Crippen LogP contribution in [0.3, 0.4) is 0 Å². The summed E-state index contributed by atoms with van der Waals surface area (Å²) in [6.07, 6.45) is 2.75. The van der Waals surface area contributed by atoms with Gasteiger partial charge in [-0.05, 0) is 71.1 Å². The van der Waals surface area contributed by atoms with Crippen LogP contribution in [0.4, 0.5) is 4.39 Å². The van der Waals surface area contributed by atoms with Gasteiger partial charge >= 0.3 is 0 Å². The molecular formula is C36H30ClFN2O5S. The number of furan rings is 1. The number of hydrogen-bond acceptors (Lipinski definition) is 5. The third kappa shape index (κ3) is 5.61. The molecule has 2 heterocycles. The van der Waals surface area contributed by atoms with Crippen molar-refractivity contribution in [3.63, 3.8) is 0 Å². The smallest absolute Gasteiger partial charge is 0.255 e. The Morgan fingerprint density at radius 3 is 2.28 bits per heavy atom. The highest BCUT2D eigenvalue weighted by molar-refractivity contribution is 7.89. The van der Waals surface area contributed by atoms with Crippen molar-refractivity contribution in [3.8, 4) is 22.5 Å². The molecule has 0 unspecified atom stereocenters. The SMILES string of the molecule is CNC(=O)c1c(-c2ccc(F)cc2)oc2c1cc(-c1cccc(C(=O)CC(C)(C)c3ccc(Cl)cc3)c1)c1c2ccn1S(C)(=O)=O. The van der Waals surface area contributed by atoms with Gasteiger partial charge in [-0.25, -0.2) is 16.8 Å². The first-order valence-corrected chi connectivity index (χ1v) is 16.7. The molecule has 0 aliphatic heterocycles. The molecule has 0 saturated carbocycles. The first-order chi connectivity index (χ1) is 21.8. The van der Waals surface area contributed by atoms with Crippen LogP contribution in [-0.2, 0) is 15.4 Å². The molecule has 0 aliphatic rings. The Morgan fingerprint density at radius 1 is 0.935 bits per heavy atom. The largest absolute Gasteiger partial charge is 0.454 e. The number of nitrogens with one attached hydrogen (secondary N) is 1. The number of fused-ring (bicyclic) bond motifs is 3. The minimum Gasteiger partial charge on any atom is -0.454 e. The minimum atomic E-state index is -3.77. The number of aromatic nitrogens is 1. The highest BCUT2D eigenvalue weighted by Crippen LogP contribution is 2.43. The quantitative estimate of drug-likeness (QED) is 0.166. The first-order valence-electron chi connectivity index (χ1n) is 14.5. The Bertz CT molecular complexity index is 2270. The van der Waals surface area contributed by atoms with Crippen molar-refractivity contribution >= 4 is 55.2 Å². The van der Waals surface area contributed by atoms with E-state index in [1.165, 1.54) is 37.5 Å². The number of benzene rings is 4. The van der Waals surface area contributed by atoms with Crippen LogP contribution in [-0.4, -0.2) is 37.4 Å². The zero-order valence-electron chi connectivity index (χ0n) is 25.5. The number of nitrogens with zero attached hydrogens (tertiary/aromatic N) is 1. The fourth-order valence-electron chi connectivity index (χ4n) is 5.87. The number of ketones is 1. The monoisotopic (exact) mass is 656 g/mol. The van der Waals surface area contributed by atoms with E-state index in [0.29, 0.717) is 49.1 Å². The van der Waals surface area contributed by atoms with Crippen LogP contribution in [0.1, 0.15) is 46.5 Å². The molecule has 1 amide bonds. The van der Waals surface area contributed by atoms with Crippen molar-refractivity contribution in [2.24, 2.45) is 0 Å². The second-order valence-electron chi connectivity index (χ2n) is 11.9. The van der Waals surface area contributed by atoms with Crippen molar-refractivity contribution in [1.82, 2.24) is 9.29 Å². The van der Waals surface area contributed by atoms with Gasteiger partial charge in [0.2, 0.25) is 10.0 Å². The highest BCUT2D eigenvalue weighted by Gasteiger charge is 2.28. The third-order valence-electron chi connectivity index (χ3n) is 8.23. The van der Waals surface area contributed by atoms with Gasteiger partial charge in [-0.3, -0.25) is 9.59 Å². The summed E-state index contributed by atoms with van der Waals surface area (Å²) in [6, 6.07) is 23.3. The third-order valence-corrected chi connectivity index (χ3v) is 9.50. The van der Waals surface area contributed by atoms with Crippen molar-refractivity contribution < 1.29 is 26.8 Å². The Labute approximate surface area is 270 Å². The lowest BCUT2D eigenvalue weighted by atomic mass is 9.79. The molecule has 0 fully saturated rings. The summed E-state index contributed by atoms with van der Waals surface area (Å²) in [5.74, 6) is -0.750. The van der Waals surface area contributed by atoms with Crippen molar-refractivity contribution in [2.75, 3.05) is 13.3 Å². The van der Waals surface area contributed by atoms with Gasteiger partial charge in [-0.2, -0.15) is 0 Å². The number of rotatable bonds is 8. The molecule has 7 nitrogen and oxygen atoms in total. The number of Topliss-reactive ketones (excluding diaryl/α,β-unsaturated/α-hetero) is 1. The molecule has 10 heteroatoms. The van der Waals surface area contributed by atoms with E-state index in [9.17, 15) is 22.4 Å². The summed E-state index contributed by atoms with van der Waals surface area (Å²) in [5.41, 5.74) is 3.35. The molecule has 0 bridgehead atoms. The van der Waals surface area contributed by atoms with Gasteiger partial charge in [0.15, 0.2) is 5.78 Å². The molecule has 1 N–H and O–H groups in total. The number of carbonyl (C=O) groups excluding carboxylic acids is 2. The van der Waals surface area contributed by atoms with Crippen LogP contribution in [0.2, 0.25) is 5.02 Å². The van der Waals surface area contributed by atoms with Gasteiger partial charge in [0.05, 0.1) is 17.3 Å². The summed E-state index contributed by atoms with van der Waals surface area (Å²) < 4.78 is 47.2. The van der Waals surface area contributed by atoms with E-state index in [0.717, 1.165) is 15.8 Å². The Balaban J connectivity index is 1.56. The van der Waals surface area contributed by atoms with E-state index < -0.39 is 27.2 Å². The normalized spacial score (nSPS) is 12.1. The maximum atomic E-state index is 13.8. The average Bonchev–Trinajstić information content (AvgIpc) is 3.63. The van der Waals surface area contributed by atoms with E-state index in [1.807, 2.05) is 26.0 Å². The van der Waals surface area contributed by atoms with Gasteiger partial charge in [0.1, 0.15) is 17.2 Å². The molecule has 4 aromatic carbocycles. The lowest BCUT2D eigenvalue weighted by molar-refractivity contribution is 0.0952. The van der Waals surface area contributed by atoms with Gasteiger partial charge in [0.25, 0.3) is 5.91 Å². The van der Waals surface area contributed by atoms with Crippen LogP contribution < -0.4 is 5.32 Å². The average molecular weight is 657 g/mol. The summed E-state index contributed by atoms with van der Waals surface area (Å²) in [5, 5.41) is 4.16. The minimum absolute atomic E-state index is 0.0921. The second-order valence-corrected chi connectivity index (χ2v) is 14.2. The number of carbonyl (C=O) groups is 2. The Morgan fingerprint density at radius 2 is 1.63 bits per heavy atom. The molecule has 6 aromatic rings. The van der Waals surface area contributed by atoms with Crippen LogP contribution in [0.5, 0.6) is 0 Å².